The molecule has 2 aromatic rings. The number of ether oxygens (including phenoxy) is 1. The highest BCUT2D eigenvalue weighted by Crippen LogP contribution is 2.15. The zero-order valence-electron chi connectivity index (χ0n) is 16.6. The molecule has 3 N–H and O–H groups in total. The SMILES string of the molecule is COCC(C)NS(=O)(=O)c1ccc(NC(=O)CCNC(=O)c2ccc(Cl)cc2)cc1. The molecule has 1 unspecified atom stereocenters. The maximum atomic E-state index is 12.3. The smallest absolute Gasteiger partial charge is 0.251 e. The molecule has 0 aliphatic heterocycles. The first-order valence-electron chi connectivity index (χ1n) is 9.16. The molecule has 0 spiro atoms. The average Bonchev–Trinajstić information content (AvgIpc) is 2.68. The van der Waals surface area contributed by atoms with Crippen molar-refractivity contribution in [2.45, 2.75) is 24.3 Å². The van der Waals surface area contributed by atoms with Crippen LogP contribution in [0.5, 0.6) is 0 Å². The molecular weight excluding hydrogens is 430 g/mol. The minimum Gasteiger partial charge on any atom is -0.383 e. The summed E-state index contributed by atoms with van der Waals surface area (Å²) in [4.78, 5) is 24.1. The molecule has 1 atom stereocenters. The first kappa shape index (κ1) is 23.8. The Labute approximate surface area is 181 Å². The summed E-state index contributed by atoms with van der Waals surface area (Å²) in [6.07, 6.45) is 0.0649. The van der Waals surface area contributed by atoms with Gasteiger partial charge in [0.05, 0.1) is 11.5 Å². The Balaban J connectivity index is 1.82. The van der Waals surface area contributed by atoms with E-state index in [9.17, 15) is 18.0 Å². The topological polar surface area (TPSA) is 114 Å². The highest BCUT2D eigenvalue weighted by Gasteiger charge is 2.17. The highest BCUT2D eigenvalue weighted by molar-refractivity contribution is 7.89. The van der Waals surface area contributed by atoms with Crippen LogP contribution in [-0.4, -0.2) is 46.5 Å². The number of sulfonamides is 1. The molecule has 0 bridgehead atoms. The summed E-state index contributed by atoms with van der Waals surface area (Å²) in [5.41, 5.74) is 0.901. The van der Waals surface area contributed by atoms with Crippen LogP contribution in [0.1, 0.15) is 23.7 Å². The summed E-state index contributed by atoms with van der Waals surface area (Å²) < 4.78 is 32.0. The predicted molar refractivity (Wildman–Crippen MR) is 115 cm³/mol. The van der Waals surface area contributed by atoms with E-state index in [1.54, 1.807) is 31.2 Å². The van der Waals surface area contributed by atoms with Gasteiger partial charge in [0.2, 0.25) is 15.9 Å². The molecule has 2 rings (SSSR count). The number of amides is 2. The summed E-state index contributed by atoms with van der Waals surface area (Å²) >= 11 is 5.78. The molecule has 2 amide bonds. The molecule has 0 saturated carbocycles. The van der Waals surface area contributed by atoms with E-state index in [1.165, 1.54) is 31.4 Å². The normalized spacial score (nSPS) is 12.2. The monoisotopic (exact) mass is 453 g/mol. The third-order valence-electron chi connectivity index (χ3n) is 3.97. The van der Waals surface area contributed by atoms with Crippen LogP contribution in [0.15, 0.2) is 53.4 Å². The van der Waals surface area contributed by atoms with Gasteiger partial charge in [0.1, 0.15) is 0 Å². The Morgan fingerprint density at radius 1 is 1.07 bits per heavy atom. The van der Waals surface area contributed by atoms with Crippen molar-refractivity contribution in [3.05, 3.63) is 59.1 Å². The van der Waals surface area contributed by atoms with Gasteiger partial charge in [-0.3, -0.25) is 9.59 Å². The van der Waals surface area contributed by atoms with E-state index in [0.29, 0.717) is 16.3 Å². The largest absolute Gasteiger partial charge is 0.383 e. The molecule has 162 valence electrons. The fraction of sp³-hybridized carbons (Fsp3) is 0.300. The second-order valence-corrected chi connectivity index (χ2v) is 8.71. The highest BCUT2D eigenvalue weighted by atomic mass is 35.5. The Morgan fingerprint density at radius 3 is 2.30 bits per heavy atom. The predicted octanol–water partition coefficient (Wildman–Crippen LogP) is 2.41. The van der Waals surface area contributed by atoms with Crippen molar-refractivity contribution in [2.75, 3.05) is 25.6 Å². The fourth-order valence-corrected chi connectivity index (χ4v) is 3.90. The van der Waals surface area contributed by atoms with Gasteiger partial charge in [-0.25, -0.2) is 13.1 Å². The third kappa shape index (κ3) is 7.42. The second-order valence-electron chi connectivity index (χ2n) is 6.56. The maximum Gasteiger partial charge on any atom is 0.251 e. The lowest BCUT2D eigenvalue weighted by Gasteiger charge is -2.13. The summed E-state index contributed by atoms with van der Waals surface area (Å²) in [6, 6.07) is 11.8. The molecule has 0 aromatic heterocycles. The minimum absolute atomic E-state index is 0.0649. The van der Waals surface area contributed by atoms with Crippen LogP contribution in [0, 0.1) is 0 Å². The summed E-state index contributed by atoms with van der Waals surface area (Å²) in [5, 5.41) is 5.84. The van der Waals surface area contributed by atoms with Gasteiger partial charge in [-0.05, 0) is 55.5 Å². The van der Waals surface area contributed by atoms with Crippen molar-refractivity contribution in [3.8, 4) is 0 Å². The first-order chi connectivity index (χ1) is 14.2. The number of anilines is 1. The molecule has 2 aromatic carbocycles. The minimum atomic E-state index is -3.68. The van der Waals surface area contributed by atoms with Crippen molar-refractivity contribution < 1.29 is 22.7 Å². The Hall–Kier alpha value is -2.46. The van der Waals surface area contributed by atoms with Crippen molar-refractivity contribution in [1.82, 2.24) is 10.0 Å². The lowest BCUT2D eigenvalue weighted by atomic mass is 10.2. The van der Waals surface area contributed by atoms with Gasteiger partial charge in [0.15, 0.2) is 0 Å². The van der Waals surface area contributed by atoms with Crippen LogP contribution in [0.25, 0.3) is 0 Å². The quantitative estimate of drug-likeness (QED) is 0.511. The molecule has 0 aliphatic carbocycles. The lowest BCUT2D eigenvalue weighted by Crippen LogP contribution is -2.35. The molecule has 0 heterocycles. The van der Waals surface area contributed by atoms with Crippen molar-refractivity contribution in [3.63, 3.8) is 0 Å². The molecule has 8 nitrogen and oxygen atoms in total. The number of rotatable bonds is 10. The molecule has 10 heteroatoms. The number of carbonyl (C=O) groups is 2. The standard InChI is InChI=1S/C20H24ClN3O5S/c1-14(13-29-2)24-30(27,28)18-9-7-17(8-10-18)23-19(25)11-12-22-20(26)15-3-5-16(21)6-4-15/h3-10,14,24H,11-13H2,1-2H3,(H,22,26)(H,23,25). The van der Waals surface area contributed by atoms with Crippen molar-refractivity contribution in [1.29, 1.82) is 0 Å². The Kier molecular flexibility index (Phi) is 8.79. The van der Waals surface area contributed by atoms with E-state index in [1.807, 2.05) is 0 Å². The molecule has 0 fully saturated rings. The van der Waals surface area contributed by atoms with Gasteiger partial charge in [0.25, 0.3) is 5.91 Å². The van der Waals surface area contributed by atoms with Crippen molar-refractivity contribution >= 4 is 39.1 Å². The Morgan fingerprint density at radius 2 is 1.70 bits per heavy atom. The van der Waals surface area contributed by atoms with E-state index in [4.69, 9.17) is 16.3 Å². The number of halogens is 1. The molecular formula is C20H24ClN3O5S. The summed E-state index contributed by atoms with van der Waals surface area (Å²) in [7, 11) is -2.19. The molecule has 30 heavy (non-hydrogen) atoms. The van der Waals surface area contributed by atoms with Crippen LogP contribution < -0.4 is 15.4 Å². The number of nitrogens with one attached hydrogen (secondary N) is 3. The van der Waals surface area contributed by atoms with E-state index in [0.717, 1.165) is 0 Å². The van der Waals surface area contributed by atoms with Gasteiger partial charge in [-0.15, -0.1) is 0 Å². The molecule has 0 saturated heterocycles. The van der Waals surface area contributed by atoms with Crippen molar-refractivity contribution in [2.24, 2.45) is 0 Å². The van der Waals surface area contributed by atoms with E-state index in [-0.39, 0.29) is 42.3 Å². The first-order valence-corrected chi connectivity index (χ1v) is 11.0. The van der Waals surface area contributed by atoms with Gasteiger partial charge < -0.3 is 15.4 Å². The van der Waals surface area contributed by atoms with E-state index in [2.05, 4.69) is 15.4 Å². The van der Waals surface area contributed by atoms with Gasteiger partial charge >= 0.3 is 0 Å². The van der Waals surface area contributed by atoms with Crippen LogP contribution >= 0.6 is 11.6 Å². The van der Waals surface area contributed by atoms with E-state index < -0.39 is 10.0 Å². The number of hydrogen-bond donors (Lipinski definition) is 3. The molecule has 0 aliphatic rings. The van der Waals surface area contributed by atoms with Gasteiger partial charge in [-0.1, -0.05) is 11.6 Å². The summed E-state index contributed by atoms with van der Waals surface area (Å²) in [5.74, 6) is -0.613. The maximum absolute atomic E-state index is 12.3. The average molecular weight is 454 g/mol. The second kappa shape index (κ2) is 11.1. The molecule has 0 radical (unpaired) electrons. The fourth-order valence-electron chi connectivity index (χ4n) is 2.55. The van der Waals surface area contributed by atoms with Gasteiger partial charge in [-0.2, -0.15) is 0 Å². The number of hydrogen-bond acceptors (Lipinski definition) is 5. The third-order valence-corrected chi connectivity index (χ3v) is 5.82. The number of methoxy groups -OCH3 is 1. The van der Waals surface area contributed by atoms with E-state index >= 15 is 0 Å². The zero-order chi connectivity index (χ0) is 22.1. The van der Waals surface area contributed by atoms with Crippen LogP contribution in [-0.2, 0) is 19.6 Å². The van der Waals surface area contributed by atoms with Crippen LogP contribution in [0.2, 0.25) is 5.02 Å². The number of benzene rings is 2. The summed E-state index contributed by atoms with van der Waals surface area (Å²) in [6.45, 7) is 2.10. The van der Waals surface area contributed by atoms with Gasteiger partial charge in [0, 0.05) is 42.4 Å². The lowest BCUT2D eigenvalue weighted by molar-refractivity contribution is -0.116. The van der Waals surface area contributed by atoms with Crippen LogP contribution in [0.3, 0.4) is 0 Å². The zero-order valence-corrected chi connectivity index (χ0v) is 18.2. The number of carbonyl (C=O) groups excluding carboxylic acids is 2. The van der Waals surface area contributed by atoms with Crippen LogP contribution in [0.4, 0.5) is 5.69 Å². The Bertz CT molecular complexity index is 963.